The maximum Gasteiger partial charge on any atom is 0.241 e. The summed E-state index contributed by atoms with van der Waals surface area (Å²) >= 11 is 0. The Morgan fingerprint density at radius 2 is 1.78 bits per heavy atom. The summed E-state index contributed by atoms with van der Waals surface area (Å²) in [5, 5.41) is 13.4. The predicted octanol–water partition coefficient (Wildman–Crippen LogP) is 2.50. The zero-order valence-electron chi connectivity index (χ0n) is 18.3. The molecule has 3 aliphatic heterocycles. The van der Waals surface area contributed by atoms with E-state index in [0.29, 0.717) is 49.4 Å². The first-order valence-corrected chi connectivity index (χ1v) is 11.6. The zero-order valence-corrected chi connectivity index (χ0v) is 18.3. The molecule has 7 heteroatoms. The third-order valence-electron chi connectivity index (χ3n) is 6.70. The highest BCUT2D eigenvalue weighted by molar-refractivity contribution is 5.95. The smallest absolute Gasteiger partial charge is 0.241 e. The summed E-state index contributed by atoms with van der Waals surface area (Å²) in [7, 11) is 0. The normalized spacial score (nSPS) is 24.4. The standard InChI is InChI=1S/C25H31N3O4/c29-21-15-22(25(30)26-19-6-7-23-24(14-19)32-13-12-31-23)28(17-21)20-8-10-27(11-9-20)16-18-4-2-1-3-5-18/h1-7,14,20-22,29H,8-13,15-17H2,(H,26,30)/t21-,22+/m1/s1. The molecule has 0 bridgehead atoms. The average molecular weight is 438 g/mol. The number of hydrogen-bond donors (Lipinski definition) is 2. The second-order valence-electron chi connectivity index (χ2n) is 8.94. The van der Waals surface area contributed by atoms with E-state index < -0.39 is 6.10 Å². The Balaban J connectivity index is 1.19. The third-order valence-corrected chi connectivity index (χ3v) is 6.70. The van der Waals surface area contributed by atoms with Crippen molar-refractivity contribution in [2.45, 2.75) is 44.0 Å². The van der Waals surface area contributed by atoms with Gasteiger partial charge in [-0.05, 0) is 50.0 Å². The molecule has 0 aliphatic carbocycles. The summed E-state index contributed by atoms with van der Waals surface area (Å²) in [5.74, 6) is 1.29. The van der Waals surface area contributed by atoms with E-state index in [4.69, 9.17) is 9.47 Å². The minimum Gasteiger partial charge on any atom is -0.486 e. The summed E-state index contributed by atoms with van der Waals surface area (Å²) < 4.78 is 11.2. The molecule has 1 amide bonds. The van der Waals surface area contributed by atoms with E-state index in [1.165, 1.54) is 5.56 Å². The third kappa shape index (κ3) is 4.75. The van der Waals surface area contributed by atoms with Gasteiger partial charge in [0.1, 0.15) is 13.2 Å². The van der Waals surface area contributed by atoms with E-state index >= 15 is 0 Å². The highest BCUT2D eigenvalue weighted by Gasteiger charge is 2.40. The molecule has 0 aromatic heterocycles. The van der Waals surface area contributed by atoms with Gasteiger partial charge in [-0.3, -0.25) is 14.6 Å². The average Bonchev–Trinajstić information content (AvgIpc) is 3.22. The molecule has 2 aromatic rings. The number of rotatable bonds is 5. The van der Waals surface area contributed by atoms with Gasteiger partial charge >= 0.3 is 0 Å². The Morgan fingerprint density at radius 3 is 2.56 bits per heavy atom. The van der Waals surface area contributed by atoms with Crippen LogP contribution >= 0.6 is 0 Å². The maximum absolute atomic E-state index is 13.1. The number of nitrogens with zero attached hydrogens (tertiary/aromatic N) is 2. The van der Waals surface area contributed by atoms with E-state index in [-0.39, 0.29) is 11.9 Å². The van der Waals surface area contributed by atoms with Gasteiger partial charge in [-0.1, -0.05) is 30.3 Å². The van der Waals surface area contributed by atoms with E-state index in [1.807, 2.05) is 24.3 Å². The van der Waals surface area contributed by atoms with Crippen molar-refractivity contribution in [1.29, 1.82) is 0 Å². The molecule has 32 heavy (non-hydrogen) atoms. The lowest BCUT2D eigenvalue weighted by Gasteiger charge is -2.39. The molecule has 5 rings (SSSR count). The number of aliphatic hydroxyl groups is 1. The van der Waals surface area contributed by atoms with Gasteiger partial charge in [0, 0.05) is 30.9 Å². The van der Waals surface area contributed by atoms with Crippen LogP contribution in [0.3, 0.4) is 0 Å². The van der Waals surface area contributed by atoms with Crippen LogP contribution in [0, 0.1) is 0 Å². The highest BCUT2D eigenvalue weighted by atomic mass is 16.6. The Morgan fingerprint density at radius 1 is 1.03 bits per heavy atom. The van der Waals surface area contributed by atoms with Gasteiger partial charge in [0.05, 0.1) is 12.1 Å². The van der Waals surface area contributed by atoms with Crippen LogP contribution in [0.2, 0.25) is 0 Å². The molecule has 2 atom stereocenters. The number of likely N-dealkylation sites (tertiary alicyclic amines) is 2. The first kappa shape index (κ1) is 21.2. The molecule has 0 spiro atoms. The topological polar surface area (TPSA) is 74.3 Å². The molecule has 2 saturated heterocycles. The van der Waals surface area contributed by atoms with Crippen molar-refractivity contribution in [1.82, 2.24) is 9.80 Å². The minimum atomic E-state index is -0.464. The number of aliphatic hydroxyl groups excluding tert-OH is 1. The molecule has 0 radical (unpaired) electrons. The van der Waals surface area contributed by atoms with Gasteiger partial charge in [-0.15, -0.1) is 0 Å². The number of hydrogen-bond acceptors (Lipinski definition) is 6. The van der Waals surface area contributed by atoms with Crippen LogP contribution in [0.1, 0.15) is 24.8 Å². The number of ether oxygens (including phenoxy) is 2. The van der Waals surface area contributed by atoms with Gasteiger partial charge in [0.2, 0.25) is 5.91 Å². The molecule has 2 N–H and O–H groups in total. The fraction of sp³-hybridized carbons (Fsp3) is 0.480. The Labute approximate surface area is 188 Å². The molecule has 2 fully saturated rings. The molecule has 3 heterocycles. The molecular formula is C25H31N3O4. The van der Waals surface area contributed by atoms with Crippen molar-refractivity contribution >= 4 is 11.6 Å². The lowest BCUT2D eigenvalue weighted by molar-refractivity contribution is -0.121. The zero-order chi connectivity index (χ0) is 21.9. The predicted molar refractivity (Wildman–Crippen MR) is 122 cm³/mol. The summed E-state index contributed by atoms with van der Waals surface area (Å²) in [6.07, 6.45) is 2.02. The number of nitrogens with one attached hydrogen (secondary N) is 1. The van der Waals surface area contributed by atoms with Crippen molar-refractivity contribution in [2.75, 3.05) is 38.2 Å². The molecule has 7 nitrogen and oxygen atoms in total. The van der Waals surface area contributed by atoms with E-state index in [9.17, 15) is 9.90 Å². The van der Waals surface area contributed by atoms with Crippen LogP contribution in [0.25, 0.3) is 0 Å². The Kier molecular flexibility index (Phi) is 6.30. The summed E-state index contributed by atoms with van der Waals surface area (Å²) in [6.45, 7) is 4.58. The van der Waals surface area contributed by atoms with Crippen LogP contribution < -0.4 is 14.8 Å². The molecule has 0 unspecified atom stereocenters. The number of carbonyl (C=O) groups is 1. The number of carbonyl (C=O) groups excluding carboxylic acids is 1. The van der Waals surface area contributed by atoms with E-state index in [1.54, 1.807) is 0 Å². The molecular weight excluding hydrogens is 406 g/mol. The van der Waals surface area contributed by atoms with Crippen molar-refractivity contribution in [2.24, 2.45) is 0 Å². The fourth-order valence-electron chi connectivity index (χ4n) is 5.10. The first-order chi connectivity index (χ1) is 15.7. The van der Waals surface area contributed by atoms with Crippen molar-refractivity contribution in [3.63, 3.8) is 0 Å². The Hall–Kier alpha value is -2.61. The van der Waals surface area contributed by atoms with Gasteiger partial charge in [0.25, 0.3) is 0 Å². The van der Waals surface area contributed by atoms with Gasteiger partial charge < -0.3 is 19.9 Å². The van der Waals surface area contributed by atoms with Crippen LogP contribution in [0.5, 0.6) is 11.5 Å². The molecule has 0 saturated carbocycles. The second kappa shape index (κ2) is 9.48. The summed E-state index contributed by atoms with van der Waals surface area (Å²) in [6, 6.07) is 16.0. The summed E-state index contributed by atoms with van der Waals surface area (Å²) in [5.41, 5.74) is 2.03. The van der Waals surface area contributed by atoms with Gasteiger partial charge in [-0.2, -0.15) is 0 Å². The van der Waals surface area contributed by atoms with E-state index in [2.05, 4.69) is 39.4 Å². The second-order valence-corrected chi connectivity index (χ2v) is 8.94. The first-order valence-electron chi connectivity index (χ1n) is 11.6. The minimum absolute atomic E-state index is 0.0649. The lowest BCUT2D eigenvalue weighted by Crippen LogP contribution is -2.50. The van der Waals surface area contributed by atoms with Crippen LogP contribution in [-0.4, -0.2) is 71.8 Å². The largest absolute Gasteiger partial charge is 0.486 e. The van der Waals surface area contributed by atoms with Crippen molar-refractivity contribution in [3.05, 3.63) is 54.1 Å². The number of benzene rings is 2. The van der Waals surface area contributed by atoms with Gasteiger partial charge in [-0.25, -0.2) is 0 Å². The van der Waals surface area contributed by atoms with E-state index in [0.717, 1.165) is 32.5 Å². The van der Waals surface area contributed by atoms with Crippen LogP contribution in [0.4, 0.5) is 5.69 Å². The number of β-amino-alcohol motifs (C(OH)–C–C–N with tert-alkyl or cyclic N) is 1. The lowest BCUT2D eigenvalue weighted by atomic mass is 10.0. The molecule has 170 valence electrons. The van der Waals surface area contributed by atoms with Crippen molar-refractivity contribution in [3.8, 4) is 11.5 Å². The molecule has 2 aromatic carbocycles. The van der Waals surface area contributed by atoms with Crippen molar-refractivity contribution < 1.29 is 19.4 Å². The quantitative estimate of drug-likeness (QED) is 0.749. The monoisotopic (exact) mass is 437 g/mol. The Bertz CT molecular complexity index is 930. The fourth-order valence-corrected chi connectivity index (χ4v) is 5.10. The molecule has 3 aliphatic rings. The van der Waals surface area contributed by atoms with Crippen LogP contribution in [-0.2, 0) is 11.3 Å². The number of fused-ring (bicyclic) bond motifs is 1. The SMILES string of the molecule is O=C(Nc1ccc2c(c1)OCCO2)[C@@H]1C[C@@H](O)CN1C1CCN(Cc2ccccc2)CC1. The van der Waals surface area contributed by atoms with Crippen LogP contribution in [0.15, 0.2) is 48.5 Å². The number of piperidine rings is 1. The number of anilines is 1. The van der Waals surface area contributed by atoms with Gasteiger partial charge in [0.15, 0.2) is 11.5 Å². The maximum atomic E-state index is 13.1. The summed E-state index contributed by atoms with van der Waals surface area (Å²) in [4.78, 5) is 17.8. The highest BCUT2D eigenvalue weighted by Crippen LogP contribution is 2.33. The number of amides is 1.